The van der Waals surface area contributed by atoms with Gasteiger partial charge in [-0.1, -0.05) is 12.1 Å². The topological polar surface area (TPSA) is 88.0 Å². The van der Waals surface area contributed by atoms with Crippen molar-refractivity contribution < 1.29 is 4.79 Å². The van der Waals surface area contributed by atoms with E-state index in [4.69, 9.17) is 0 Å². The summed E-state index contributed by atoms with van der Waals surface area (Å²) >= 11 is 0. The van der Waals surface area contributed by atoms with E-state index in [1.54, 1.807) is 6.07 Å². The third kappa shape index (κ3) is 3.03. The van der Waals surface area contributed by atoms with Gasteiger partial charge in [-0.25, -0.2) is 0 Å². The van der Waals surface area contributed by atoms with Crippen LogP contribution in [-0.2, 0) is 13.0 Å². The summed E-state index contributed by atoms with van der Waals surface area (Å²) in [7, 11) is 0. The van der Waals surface area contributed by atoms with E-state index < -0.39 is 0 Å². The van der Waals surface area contributed by atoms with E-state index in [2.05, 4.69) is 38.9 Å². The van der Waals surface area contributed by atoms with Crippen LogP contribution in [0.1, 0.15) is 28.7 Å². The van der Waals surface area contributed by atoms with Crippen LogP contribution >= 0.6 is 12.4 Å². The van der Waals surface area contributed by atoms with Crippen molar-refractivity contribution in [2.45, 2.75) is 19.9 Å². The average molecular weight is 307 g/mol. The van der Waals surface area contributed by atoms with Crippen molar-refractivity contribution >= 4 is 23.8 Å². The number of aromatic amines is 1. The van der Waals surface area contributed by atoms with Gasteiger partial charge in [0, 0.05) is 23.5 Å². The predicted molar refractivity (Wildman–Crippen MR) is 79.4 cm³/mol. The molecule has 7 nitrogen and oxygen atoms in total. The van der Waals surface area contributed by atoms with Crippen LogP contribution in [0.5, 0.6) is 0 Å². The molecule has 0 aliphatic heterocycles. The molecular formula is C13H15ClN6O. The highest BCUT2D eigenvalue weighted by atomic mass is 35.5. The van der Waals surface area contributed by atoms with Gasteiger partial charge in [-0.2, -0.15) is 5.21 Å². The molecule has 0 aromatic carbocycles. The standard InChI is InChI=1S/C13H14N6O.ClH/c1-2-9-3-5-19-6-4-10(7-11(9)19)13(20)14-8-12-15-17-18-16-12;/h3-7H,2,8H2,1H3,(H,14,20)(H,15,16,17,18);1H. The Bertz CT molecular complexity index is 736. The molecule has 0 radical (unpaired) electrons. The monoisotopic (exact) mass is 306 g/mol. The number of rotatable bonds is 4. The van der Waals surface area contributed by atoms with Crippen LogP contribution in [0.2, 0.25) is 0 Å². The third-order valence-corrected chi connectivity index (χ3v) is 3.19. The van der Waals surface area contributed by atoms with Crippen molar-refractivity contribution in [1.82, 2.24) is 30.3 Å². The van der Waals surface area contributed by atoms with Crippen LogP contribution in [0.25, 0.3) is 5.52 Å². The van der Waals surface area contributed by atoms with Gasteiger partial charge in [0.25, 0.3) is 5.91 Å². The molecule has 0 fully saturated rings. The van der Waals surface area contributed by atoms with Gasteiger partial charge < -0.3 is 9.72 Å². The summed E-state index contributed by atoms with van der Waals surface area (Å²) in [5, 5.41) is 16.1. The van der Waals surface area contributed by atoms with Gasteiger partial charge in [0.1, 0.15) is 0 Å². The molecule has 0 saturated carbocycles. The molecule has 0 atom stereocenters. The number of fused-ring (bicyclic) bond motifs is 1. The SMILES string of the molecule is CCc1ccn2ccc(C(=O)NCc3nn[nH]n3)cc12.Cl. The molecule has 0 aliphatic rings. The lowest BCUT2D eigenvalue weighted by atomic mass is 10.1. The molecule has 110 valence electrons. The minimum atomic E-state index is -0.152. The number of aryl methyl sites for hydroxylation is 1. The maximum atomic E-state index is 12.1. The Morgan fingerprint density at radius 2 is 2.19 bits per heavy atom. The zero-order valence-corrected chi connectivity index (χ0v) is 12.2. The van der Waals surface area contributed by atoms with Crippen molar-refractivity contribution in [3.8, 4) is 0 Å². The first-order chi connectivity index (χ1) is 9.78. The van der Waals surface area contributed by atoms with Crippen molar-refractivity contribution in [2.75, 3.05) is 0 Å². The molecule has 3 heterocycles. The summed E-state index contributed by atoms with van der Waals surface area (Å²) in [6, 6.07) is 5.75. The molecule has 3 aromatic heterocycles. The largest absolute Gasteiger partial charge is 0.345 e. The van der Waals surface area contributed by atoms with Gasteiger partial charge >= 0.3 is 0 Å². The smallest absolute Gasteiger partial charge is 0.251 e. The van der Waals surface area contributed by atoms with E-state index in [0.717, 1.165) is 11.9 Å². The number of hydrogen-bond donors (Lipinski definition) is 2. The van der Waals surface area contributed by atoms with Gasteiger partial charge in [-0.05, 0) is 30.2 Å². The van der Waals surface area contributed by atoms with Crippen LogP contribution in [0, 0.1) is 0 Å². The fourth-order valence-corrected chi connectivity index (χ4v) is 2.11. The Morgan fingerprint density at radius 3 is 2.90 bits per heavy atom. The van der Waals surface area contributed by atoms with E-state index in [1.807, 2.05) is 22.9 Å². The van der Waals surface area contributed by atoms with Gasteiger partial charge in [-0.3, -0.25) is 4.79 Å². The fourth-order valence-electron chi connectivity index (χ4n) is 2.11. The lowest BCUT2D eigenvalue weighted by molar-refractivity contribution is 0.0950. The number of carbonyl (C=O) groups is 1. The Morgan fingerprint density at radius 1 is 1.38 bits per heavy atom. The Labute approximate surface area is 127 Å². The average Bonchev–Trinajstić information content (AvgIpc) is 3.13. The number of aromatic nitrogens is 5. The molecule has 0 unspecified atom stereocenters. The Hall–Kier alpha value is -2.41. The number of tetrazole rings is 1. The number of nitrogens with zero attached hydrogens (tertiary/aromatic N) is 4. The number of carbonyl (C=O) groups excluding carboxylic acids is 1. The molecule has 0 saturated heterocycles. The van der Waals surface area contributed by atoms with Gasteiger partial charge in [0.05, 0.1) is 6.54 Å². The summed E-state index contributed by atoms with van der Waals surface area (Å²) in [6.07, 6.45) is 4.82. The normalized spacial score (nSPS) is 10.3. The molecule has 21 heavy (non-hydrogen) atoms. The van der Waals surface area contributed by atoms with E-state index in [-0.39, 0.29) is 24.9 Å². The van der Waals surface area contributed by atoms with Crippen molar-refractivity contribution in [1.29, 1.82) is 0 Å². The second-order valence-corrected chi connectivity index (χ2v) is 4.41. The number of pyridine rings is 1. The van der Waals surface area contributed by atoms with Crippen molar-refractivity contribution in [3.05, 3.63) is 47.5 Å². The highest BCUT2D eigenvalue weighted by molar-refractivity contribution is 5.95. The molecule has 0 bridgehead atoms. The van der Waals surface area contributed by atoms with Gasteiger partial charge in [-0.15, -0.1) is 22.6 Å². The first-order valence-electron chi connectivity index (χ1n) is 6.38. The van der Waals surface area contributed by atoms with E-state index >= 15 is 0 Å². The van der Waals surface area contributed by atoms with Gasteiger partial charge in [0.15, 0.2) is 5.82 Å². The van der Waals surface area contributed by atoms with Crippen LogP contribution in [0.4, 0.5) is 0 Å². The molecule has 0 aliphatic carbocycles. The summed E-state index contributed by atoms with van der Waals surface area (Å²) in [4.78, 5) is 12.1. The van der Waals surface area contributed by atoms with Crippen LogP contribution < -0.4 is 5.32 Å². The highest BCUT2D eigenvalue weighted by Gasteiger charge is 2.09. The second-order valence-electron chi connectivity index (χ2n) is 4.41. The number of nitrogens with one attached hydrogen (secondary N) is 2. The minimum Gasteiger partial charge on any atom is -0.345 e. The molecular weight excluding hydrogens is 292 g/mol. The minimum absolute atomic E-state index is 0. The van der Waals surface area contributed by atoms with Crippen molar-refractivity contribution in [3.63, 3.8) is 0 Å². The number of amides is 1. The first kappa shape index (κ1) is 15.0. The summed E-state index contributed by atoms with van der Waals surface area (Å²) in [5.41, 5.74) is 2.90. The first-order valence-corrected chi connectivity index (χ1v) is 6.38. The summed E-state index contributed by atoms with van der Waals surface area (Å²) in [5.74, 6) is 0.303. The molecule has 3 aromatic rings. The zero-order valence-electron chi connectivity index (χ0n) is 11.4. The Balaban J connectivity index is 0.00000161. The maximum Gasteiger partial charge on any atom is 0.251 e. The highest BCUT2D eigenvalue weighted by Crippen LogP contribution is 2.15. The van der Waals surface area contributed by atoms with Crippen LogP contribution in [0.3, 0.4) is 0 Å². The predicted octanol–water partition coefficient (Wildman–Crippen LogP) is 1.37. The fraction of sp³-hybridized carbons (Fsp3) is 0.231. The molecule has 1 amide bonds. The summed E-state index contributed by atoms with van der Waals surface area (Å²) < 4.78 is 2.01. The number of hydrogen-bond acceptors (Lipinski definition) is 4. The molecule has 8 heteroatoms. The third-order valence-electron chi connectivity index (χ3n) is 3.19. The molecule has 3 rings (SSSR count). The lowest BCUT2D eigenvalue weighted by Gasteiger charge is -2.04. The molecule has 2 N–H and O–H groups in total. The van der Waals surface area contributed by atoms with E-state index in [1.165, 1.54) is 5.56 Å². The zero-order chi connectivity index (χ0) is 13.9. The maximum absolute atomic E-state index is 12.1. The second kappa shape index (κ2) is 6.36. The molecule has 0 spiro atoms. The number of H-pyrrole nitrogens is 1. The summed E-state index contributed by atoms with van der Waals surface area (Å²) in [6.45, 7) is 2.35. The van der Waals surface area contributed by atoms with Crippen LogP contribution in [-0.4, -0.2) is 30.9 Å². The van der Waals surface area contributed by atoms with E-state index in [9.17, 15) is 4.79 Å². The van der Waals surface area contributed by atoms with Crippen molar-refractivity contribution in [2.24, 2.45) is 0 Å². The van der Waals surface area contributed by atoms with Gasteiger partial charge in [0.2, 0.25) is 0 Å². The van der Waals surface area contributed by atoms with E-state index in [0.29, 0.717) is 11.4 Å². The number of halogens is 1. The quantitative estimate of drug-likeness (QED) is 0.762. The lowest BCUT2D eigenvalue weighted by Crippen LogP contribution is -2.23. The Kier molecular flexibility index (Phi) is 4.54. The van der Waals surface area contributed by atoms with Crippen LogP contribution in [0.15, 0.2) is 30.6 Å².